The fourth-order valence-corrected chi connectivity index (χ4v) is 3.97. The van der Waals surface area contributed by atoms with Crippen molar-refractivity contribution >= 4 is 10.0 Å². The molecular formula is C17H28N2O2S. The molecule has 1 fully saturated rings. The summed E-state index contributed by atoms with van der Waals surface area (Å²) in [5.41, 5.74) is 1.17. The highest BCUT2D eigenvalue weighted by molar-refractivity contribution is 7.89. The first kappa shape index (κ1) is 17.4. The van der Waals surface area contributed by atoms with Gasteiger partial charge in [0.2, 0.25) is 10.0 Å². The Balaban J connectivity index is 1.95. The van der Waals surface area contributed by atoms with Gasteiger partial charge in [-0.2, -0.15) is 0 Å². The first-order valence-corrected chi connectivity index (χ1v) is 9.49. The fraction of sp³-hybridized carbons (Fsp3) is 0.647. The highest BCUT2D eigenvalue weighted by Gasteiger charge is 2.22. The number of hydrogen-bond acceptors (Lipinski definition) is 3. The second kappa shape index (κ2) is 6.69. The van der Waals surface area contributed by atoms with Crippen LogP contribution in [0, 0.1) is 0 Å². The van der Waals surface area contributed by atoms with Crippen molar-refractivity contribution in [2.75, 3.05) is 20.1 Å². The Bertz CT molecular complexity index is 588. The average Bonchev–Trinajstić information content (AvgIpc) is 2.83. The van der Waals surface area contributed by atoms with Gasteiger partial charge < -0.3 is 4.90 Å². The van der Waals surface area contributed by atoms with Crippen LogP contribution in [0.15, 0.2) is 29.2 Å². The van der Waals surface area contributed by atoms with Gasteiger partial charge in [0.25, 0.3) is 0 Å². The Labute approximate surface area is 135 Å². The van der Waals surface area contributed by atoms with Crippen molar-refractivity contribution in [2.24, 2.45) is 0 Å². The molecule has 1 N–H and O–H groups in total. The molecule has 2 rings (SSSR count). The Morgan fingerprint density at radius 2 is 1.86 bits per heavy atom. The molecule has 0 bridgehead atoms. The number of nitrogens with zero attached hydrogens (tertiary/aromatic N) is 1. The third kappa shape index (κ3) is 4.31. The summed E-state index contributed by atoms with van der Waals surface area (Å²) in [7, 11) is -1.29. The summed E-state index contributed by atoms with van der Waals surface area (Å²) in [5, 5.41) is 0. The van der Waals surface area contributed by atoms with E-state index in [1.54, 1.807) is 12.1 Å². The SMILES string of the molecule is CN1CCCC1CCNS(=O)(=O)c1ccc(C(C)(C)C)cc1. The van der Waals surface area contributed by atoms with Crippen LogP contribution in [0.1, 0.15) is 45.6 Å². The summed E-state index contributed by atoms with van der Waals surface area (Å²) in [6.45, 7) is 7.97. The zero-order chi connectivity index (χ0) is 16.4. The lowest BCUT2D eigenvalue weighted by atomic mass is 9.87. The molecule has 0 radical (unpaired) electrons. The molecule has 1 aliphatic heterocycles. The molecule has 1 aliphatic rings. The summed E-state index contributed by atoms with van der Waals surface area (Å²) < 4.78 is 27.4. The quantitative estimate of drug-likeness (QED) is 0.906. The lowest BCUT2D eigenvalue weighted by Crippen LogP contribution is -2.31. The molecule has 124 valence electrons. The molecular weight excluding hydrogens is 296 g/mol. The predicted molar refractivity (Wildman–Crippen MR) is 90.6 cm³/mol. The maximum absolute atomic E-state index is 12.3. The van der Waals surface area contributed by atoms with Crippen molar-refractivity contribution in [2.45, 2.75) is 56.4 Å². The van der Waals surface area contributed by atoms with Gasteiger partial charge in [-0.15, -0.1) is 0 Å². The van der Waals surface area contributed by atoms with Crippen LogP contribution in [0.2, 0.25) is 0 Å². The topological polar surface area (TPSA) is 49.4 Å². The molecule has 5 heteroatoms. The van der Waals surface area contributed by atoms with E-state index in [0.29, 0.717) is 17.5 Å². The maximum atomic E-state index is 12.3. The van der Waals surface area contributed by atoms with E-state index < -0.39 is 10.0 Å². The van der Waals surface area contributed by atoms with Gasteiger partial charge in [-0.3, -0.25) is 0 Å². The number of rotatable bonds is 5. The van der Waals surface area contributed by atoms with E-state index in [1.807, 2.05) is 12.1 Å². The number of sulfonamides is 1. The van der Waals surface area contributed by atoms with Gasteiger partial charge in [-0.1, -0.05) is 32.9 Å². The van der Waals surface area contributed by atoms with Gasteiger partial charge in [-0.05, 0) is 56.0 Å². The molecule has 4 nitrogen and oxygen atoms in total. The minimum Gasteiger partial charge on any atom is -0.303 e. The molecule has 0 aromatic heterocycles. The van der Waals surface area contributed by atoms with E-state index in [4.69, 9.17) is 0 Å². The van der Waals surface area contributed by atoms with E-state index in [1.165, 1.54) is 12.8 Å². The molecule has 1 unspecified atom stereocenters. The summed E-state index contributed by atoms with van der Waals surface area (Å²) in [4.78, 5) is 2.66. The van der Waals surface area contributed by atoms with Gasteiger partial charge >= 0.3 is 0 Å². The van der Waals surface area contributed by atoms with Crippen LogP contribution in [-0.4, -0.2) is 39.5 Å². The highest BCUT2D eigenvalue weighted by atomic mass is 32.2. The monoisotopic (exact) mass is 324 g/mol. The van der Waals surface area contributed by atoms with Crippen LogP contribution >= 0.6 is 0 Å². The first-order valence-electron chi connectivity index (χ1n) is 8.00. The maximum Gasteiger partial charge on any atom is 0.240 e. The molecule has 0 spiro atoms. The standard InChI is InChI=1S/C17H28N2O2S/c1-17(2,3)14-7-9-16(10-8-14)22(20,21)18-12-11-15-6-5-13-19(15)4/h7-10,15,18H,5-6,11-13H2,1-4H3. The van der Waals surface area contributed by atoms with Crippen molar-refractivity contribution in [3.8, 4) is 0 Å². The van der Waals surface area contributed by atoms with Crippen molar-refractivity contribution in [1.29, 1.82) is 0 Å². The molecule has 1 saturated heterocycles. The summed E-state index contributed by atoms with van der Waals surface area (Å²) in [6, 6.07) is 7.71. The van der Waals surface area contributed by atoms with Crippen LogP contribution in [0.5, 0.6) is 0 Å². The summed E-state index contributed by atoms with van der Waals surface area (Å²) in [6.07, 6.45) is 3.25. The van der Waals surface area contributed by atoms with Gasteiger partial charge in [0.15, 0.2) is 0 Å². The minimum absolute atomic E-state index is 0.0305. The van der Waals surface area contributed by atoms with Crippen LogP contribution in [0.3, 0.4) is 0 Å². The lowest BCUT2D eigenvalue weighted by molar-refractivity contribution is 0.297. The summed E-state index contributed by atoms with van der Waals surface area (Å²) >= 11 is 0. The second-order valence-corrected chi connectivity index (χ2v) is 9.00. The first-order chi connectivity index (χ1) is 10.2. The van der Waals surface area contributed by atoms with E-state index in [9.17, 15) is 8.42 Å². The van der Waals surface area contributed by atoms with Gasteiger partial charge in [0.1, 0.15) is 0 Å². The third-order valence-corrected chi connectivity index (χ3v) is 5.95. The predicted octanol–water partition coefficient (Wildman–Crippen LogP) is 2.75. The van der Waals surface area contributed by atoms with Crippen molar-refractivity contribution < 1.29 is 8.42 Å². The van der Waals surface area contributed by atoms with E-state index in [0.717, 1.165) is 18.5 Å². The van der Waals surface area contributed by atoms with Gasteiger partial charge in [0.05, 0.1) is 4.90 Å². The Kier molecular flexibility index (Phi) is 5.30. The Morgan fingerprint density at radius 3 is 2.36 bits per heavy atom. The molecule has 1 heterocycles. The number of nitrogens with one attached hydrogen (secondary N) is 1. The zero-order valence-electron chi connectivity index (χ0n) is 14.1. The van der Waals surface area contributed by atoms with E-state index >= 15 is 0 Å². The van der Waals surface area contributed by atoms with Crippen molar-refractivity contribution in [3.63, 3.8) is 0 Å². The second-order valence-electron chi connectivity index (χ2n) is 7.24. The Hall–Kier alpha value is -0.910. The molecule has 1 aromatic rings. The van der Waals surface area contributed by atoms with Crippen molar-refractivity contribution in [3.05, 3.63) is 29.8 Å². The normalized spacial score (nSPS) is 20.5. The molecule has 22 heavy (non-hydrogen) atoms. The van der Waals surface area contributed by atoms with Crippen molar-refractivity contribution in [1.82, 2.24) is 9.62 Å². The number of likely N-dealkylation sites (tertiary alicyclic amines) is 1. The van der Waals surface area contributed by atoms with Crippen LogP contribution < -0.4 is 4.72 Å². The minimum atomic E-state index is -3.40. The summed E-state index contributed by atoms with van der Waals surface area (Å²) in [5.74, 6) is 0. The molecule has 1 aromatic carbocycles. The lowest BCUT2D eigenvalue weighted by Gasteiger charge is -2.20. The van der Waals surface area contributed by atoms with Crippen LogP contribution in [-0.2, 0) is 15.4 Å². The fourth-order valence-electron chi connectivity index (χ4n) is 2.92. The van der Waals surface area contributed by atoms with Crippen LogP contribution in [0.4, 0.5) is 0 Å². The molecule has 1 atom stereocenters. The van der Waals surface area contributed by atoms with Gasteiger partial charge in [0, 0.05) is 12.6 Å². The van der Waals surface area contributed by atoms with E-state index in [2.05, 4.69) is 37.4 Å². The number of benzene rings is 1. The smallest absolute Gasteiger partial charge is 0.240 e. The molecule has 0 amide bonds. The molecule has 0 saturated carbocycles. The van der Waals surface area contributed by atoms with Crippen LogP contribution in [0.25, 0.3) is 0 Å². The van der Waals surface area contributed by atoms with Gasteiger partial charge in [-0.25, -0.2) is 13.1 Å². The molecule has 0 aliphatic carbocycles. The average molecular weight is 324 g/mol. The Morgan fingerprint density at radius 1 is 1.23 bits per heavy atom. The number of hydrogen-bond donors (Lipinski definition) is 1. The van der Waals surface area contributed by atoms with E-state index in [-0.39, 0.29) is 5.41 Å². The zero-order valence-corrected chi connectivity index (χ0v) is 14.9. The third-order valence-electron chi connectivity index (χ3n) is 4.47. The highest BCUT2D eigenvalue weighted by Crippen LogP contribution is 2.23. The largest absolute Gasteiger partial charge is 0.303 e.